The van der Waals surface area contributed by atoms with Crippen molar-refractivity contribution < 1.29 is 9.47 Å². The van der Waals surface area contributed by atoms with Crippen LogP contribution in [0.15, 0.2) is 40.3 Å². The van der Waals surface area contributed by atoms with Crippen molar-refractivity contribution >= 4 is 22.8 Å². The van der Waals surface area contributed by atoms with Gasteiger partial charge in [-0.1, -0.05) is 44.4 Å². The second kappa shape index (κ2) is 10.3. The third kappa shape index (κ3) is 5.41. The Morgan fingerprint density at radius 1 is 1.12 bits per heavy atom. The number of pyridine rings is 1. The van der Waals surface area contributed by atoms with Crippen LogP contribution < -0.4 is 10.3 Å². The number of benzene rings is 1. The molecule has 0 amide bonds. The van der Waals surface area contributed by atoms with Crippen LogP contribution in [0.25, 0.3) is 16.7 Å². The van der Waals surface area contributed by atoms with E-state index in [2.05, 4.69) is 20.8 Å². The lowest BCUT2D eigenvalue weighted by Gasteiger charge is -2.31. The van der Waals surface area contributed by atoms with E-state index < -0.39 is 0 Å². The van der Waals surface area contributed by atoms with Gasteiger partial charge < -0.3 is 9.47 Å². The molecule has 3 heterocycles. The summed E-state index contributed by atoms with van der Waals surface area (Å²) >= 11 is 1.63. The Bertz CT molecular complexity index is 1170. The van der Waals surface area contributed by atoms with E-state index in [0.29, 0.717) is 29.2 Å². The summed E-state index contributed by atoms with van der Waals surface area (Å²) in [6.07, 6.45) is 6.76. The number of hydrogen-bond donors (Lipinski definition) is 0. The van der Waals surface area contributed by atoms with Gasteiger partial charge in [0.05, 0.1) is 36.1 Å². The first-order valence-electron chi connectivity index (χ1n) is 11.8. The van der Waals surface area contributed by atoms with E-state index in [0.717, 1.165) is 34.9 Å². The summed E-state index contributed by atoms with van der Waals surface area (Å²) in [6, 6.07) is 9.45. The van der Waals surface area contributed by atoms with Crippen molar-refractivity contribution in [3.05, 3.63) is 51.9 Å². The fourth-order valence-corrected chi connectivity index (χ4v) is 5.10. The Labute approximate surface area is 199 Å². The first-order valence-corrected chi connectivity index (χ1v) is 12.8. The van der Waals surface area contributed by atoms with E-state index >= 15 is 0 Å². The molecule has 1 aliphatic rings. The molecule has 0 saturated heterocycles. The Hall–Kier alpha value is -2.38. The van der Waals surface area contributed by atoms with Crippen molar-refractivity contribution in [1.29, 1.82) is 0 Å². The lowest BCUT2D eigenvalue weighted by atomic mass is 9.95. The zero-order valence-electron chi connectivity index (χ0n) is 20.0. The van der Waals surface area contributed by atoms with Crippen molar-refractivity contribution in [2.75, 3.05) is 12.9 Å². The van der Waals surface area contributed by atoms with Crippen LogP contribution in [-0.2, 0) is 17.8 Å². The smallest absolute Gasteiger partial charge is 0.268 e. The third-order valence-corrected chi connectivity index (χ3v) is 7.04. The number of fused-ring (bicyclic) bond motifs is 2. The number of aromatic nitrogens is 3. The number of ether oxygens (including phenoxy) is 2. The minimum Gasteiger partial charge on any atom is -0.497 e. The topological polar surface area (TPSA) is 66.2 Å². The molecule has 1 aromatic carbocycles. The van der Waals surface area contributed by atoms with Gasteiger partial charge in [-0.05, 0) is 50.6 Å². The molecule has 0 radical (unpaired) electrons. The maximum Gasteiger partial charge on any atom is 0.268 e. The molecule has 0 unspecified atom stereocenters. The SMILES string of the molecule is CCCCCCCSc1nc2nc3c(cc2c(=O)n1-c1ccc(OC)cc1)COC(C)(C)C3. The third-order valence-electron chi connectivity index (χ3n) is 6.02. The number of hydrogen-bond acceptors (Lipinski definition) is 6. The number of rotatable bonds is 9. The van der Waals surface area contributed by atoms with E-state index in [1.807, 2.05) is 30.3 Å². The lowest BCUT2D eigenvalue weighted by Crippen LogP contribution is -2.33. The molecule has 0 bridgehead atoms. The molecule has 2 aromatic heterocycles. The van der Waals surface area contributed by atoms with Gasteiger partial charge in [0.15, 0.2) is 10.8 Å². The molecular weight excluding hydrogens is 434 g/mol. The largest absolute Gasteiger partial charge is 0.497 e. The first-order chi connectivity index (χ1) is 15.9. The molecule has 3 aromatic rings. The van der Waals surface area contributed by atoms with Crippen LogP contribution in [0.3, 0.4) is 0 Å². The van der Waals surface area contributed by atoms with Crippen molar-refractivity contribution in [3.63, 3.8) is 0 Å². The summed E-state index contributed by atoms with van der Waals surface area (Å²) in [7, 11) is 1.64. The van der Waals surface area contributed by atoms with E-state index in [9.17, 15) is 4.79 Å². The molecule has 33 heavy (non-hydrogen) atoms. The van der Waals surface area contributed by atoms with Crippen LogP contribution in [0.2, 0.25) is 0 Å². The van der Waals surface area contributed by atoms with E-state index in [-0.39, 0.29) is 11.2 Å². The second-order valence-corrected chi connectivity index (χ2v) is 10.2. The molecule has 0 saturated carbocycles. The highest BCUT2D eigenvalue weighted by Crippen LogP contribution is 2.29. The van der Waals surface area contributed by atoms with Gasteiger partial charge in [0.25, 0.3) is 5.56 Å². The first kappa shape index (κ1) is 23.8. The fourth-order valence-electron chi connectivity index (χ4n) is 4.10. The molecule has 4 rings (SSSR count). The van der Waals surface area contributed by atoms with Crippen LogP contribution in [0.5, 0.6) is 5.75 Å². The van der Waals surface area contributed by atoms with Crippen molar-refractivity contribution in [2.45, 2.75) is 76.7 Å². The number of thioether (sulfide) groups is 1. The summed E-state index contributed by atoms with van der Waals surface area (Å²) in [5.74, 6) is 1.67. The highest BCUT2D eigenvalue weighted by molar-refractivity contribution is 7.99. The van der Waals surface area contributed by atoms with Gasteiger partial charge >= 0.3 is 0 Å². The number of nitrogens with zero attached hydrogens (tertiary/aromatic N) is 3. The van der Waals surface area contributed by atoms with Gasteiger partial charge in [-0.15, -0.1) is 0 Å². The van der Waals surface area contributed by atoms with Gasteiger partial charge in [0.2, 0.25) is 0 Å². The van der Waals surface area contributed by atoms with Crippen LogP contribution in [-0.4, -0.2) is 33.0 Å². The standard InChI is InChI=1S/C26H33N3O3S/c1-5-6-7-8-9-14-33-25-28-23-21(15-18-17-32-26(2,3)16-22(18)27-23)24(30)29(25)19-10-12-20(31-4)13-11-19/h10-13,15H,5-9,14,16-17H2,1-4H3. The van der Waals surface area contributed by atoms with Crippen LogP contribution >= 0.6 is 11.8 Å². The Morgan fingerprint density at radius 2 is 1.88 bits per heavy atom. The lowest BCUT2D eigenvalue weighted by molar-refractivity contribution is -0.0411. The minimum absolute atomic E-state index is 0.0983. The molecule has 0 spiro atoms. The van der Waals surface area contributed by atoms with Crippen molar-refractivity contribution in [2.24, 2.45) is 0 Å². The zero-order valence-corrected chi connectivity index (χ0v) is 20.8. The summed E-state index contributed by atoms with van der Waals surface area (Å²) in [6.45, 7) is 6.81. The van der Waals surface area contributed by atoms with Crippen LogP contribution in [0.1, 0.15) is 64.1 Å². The average Bonchev–Trinajstić information content (AvgIpc) is 2.80. The average molecular weight is 468 g/mol. The summed E-state index contributed by atoms with van der Waals surface area (Å²) in [4.78, 5) is 23.4. The van der Waals surface area contributed by atoms with Gasteiger partial charge in [0, 0.05) is 17.7 Å². The van der Waals surface area contributed by atoms with E-state index in [1.54, 1.807) is 23.4 Å². The Morgan fingerprint density at radius 3 is 2.61 bits per heavy atom. The van der Waals surface area contributed by atoms with Gasteiger partial charge in [0.1, 0.15) is 5.75 Å². The minimum atomic E-state index is -0.262. The zero-order chi connectivity index (χ0) is 23.4. The molecule has 1 aliphatic heterocycles. The highest BCUT2D eigenvalue weighted by atomic mass is 32.2. The van der Waals surface area contributed by atoms with Crippen molar-refractivity contribution in [1.82, 2.24) is 14.5 Å². The highest BCUT2D eigenvalue weighted by Gasteiger charge is 2.28. The molecule has 0 atom stereocenters. The summed E-state index contributed by atoms with van der Waals surface area (Å²) in [5, 5.41) is 1.21. The molecule has 0 aliphatic carbocycles. The summed E-state index contributed by atoms with van der Waals surface area (Å²) < 4.78 is 13.0. The molecule has 7 heteroatoms. The van der Waals surface area contributed by atoms with Crippen LogP contribution in [0.4, 0.5) is 0 Å². The van der Waals surface area contributed by atoms with E-state index in [4.69, 9.17) is 19.4 Å². The maximum atomic E-state index is 13.7. The normalized spacial score (nSPS) is 14.9. The Kier molecular flexibility index (Phi) is 7.39. The quantitative estimate of drug-likeness (QED) is 0.228. The van der Waals surface area contributed by atoms with Crippen molar-refractivity contribution in [3.8, 4) is 11.4 Å². The molecule has 0 fully saturated rings. The Balaban J connectivity index is 1.74. The fraction of sp³-hybridized carbons (Fsp3) is 0.500. The molecule has 0 N–H and O–H groups in total. The van der Waals surface area contributed by atoms with Gasteiger partial charge in [-0.3, -0.25) is 9.36 Å². The second-order valence-electron chi connectivity index (χ2n) is 9.19. The molecule has 6 nitrogen and oxygen atoms in total. The molecular formula is C26H33N3O3S. The maximum absolute atomic E-state index is 13.7. The summed E-state index contributed by atoms with van der Waals surface area (Å²) in [5.41, 5.74) is 2.89. The number of unbranched alkanes of at least 4 members (excludes halogenated alkanes) is 4. The monoisotopic (exact) mass is 467 g/mol. The number of methoxy groups -OCH3 is 1. The van der Waals surface area contributed by atoms with Crippen LogP contribution in [0, 0.1) is 0 Å². The van der Waals surface area contributed by atoms with Gasteiger partial charge in [-0.2, -0.15) is 0 Å². The van der Waals surface area contributed by atoms with Gasteiger partial charge in [-0.25, -0.2) is 9.97 Å². The predicted octanol–water partition coefficient (Wildman–Crippen LogP) is 5.70. The molecule has 176 valence electrons. The van der Waals surface area contributed by atoms with E-state index in [1.165, 1.54) is 25.7 Å². The predicted molar refractivity (Wildman–Crippen MR) is 134 cm³/mol.